The molecule has 0 aliphatic carbocycles. The zero-order chi connectivity index (χ0) is 17.9. The van der Waals surface area contributed by atoms with Crippen molar-refractivity contribution in [2.75, 3.05) is 11.9 Å². The molecule has 25 heavy (non-hydrogen) atoms. The summed E-state index contributed by atoms with van der Waals surface area (Å²) >= 11 is 0. The smallest absolute Gasteiger partial charge is 0.251 e. The molecule has 0 aromatic heterocycles. The van der Waals surface area contributed by atoms with Crippen molar-refractivity contribution >= 4 is 17.5 Å². The van der Waals surface area contributed by atoms with Crippen LogP contribution < -0.4 is 10.6 Å². The minimum absolute atomic E-state index is 0.0701. The third kappa shape index (κ3) is 6.79. The van der Waals surface area contributed by atoms with Crippen LogP contribution in [0, 0.1) is 0 Å². The molecule has 132 valence electrons. The van der Waals surface area contributed by atoms with E-state index in [1.807, 2.05) is 30.3 Å². The molecule has 2 rings (SSSR count). The Bertz CT molecular complexity index is 666. The number of benzene rings is 2. The third-order valence-corrected chi connectivity index (χ3v) is 3.95. The first-order chi connectivity index (χ1) is 12.2. The van der Waals surface area contributed by atoms with E-state index < -0.39 is 0 Å². The van der Waals surface area contributed by atoms with Gasteiger partial charge in [0.25, 0.3) is 5.91 Å². The quantitative estimate of drug-likeness (QED) is 0.674. The van der Waals surface area contributed by atoms with Gasteiger partial charge in [-0.05, 0) is 36.2 Å². The van der Waals surface area contributed by atoms with E-state index in [9.17, 15) is 9.59 Å². The van der Waals surface area contributed by atoms with Crippen LogP contribution in [0.2, 0.25) is 0 Å². The second-order valence-electron chi connectivity index (χ2n) is 6.10. The Morgan fingerprint density at radius 3 is 2.28 bits per heavy atom. The summed E-state index contributed by atoms with van der Waals surface area (Å²) in [5, 5.41) is 5.78. The predicted octanol–water partition coefficient (Wildman–Crippen LogP) is 4.18. The maximum absolute atomic E-state index is 12.1. The van der Waals surface area contributed by atoms with Gasteiger partial charge in [0.2, 0.25) is 5.91 Å². The van der Waals surface area contributed by atoms with E-state index in [0.29, 0.717) is 24.2 Å². The van der Waals surface area contributed by atoms with Gasteiger partial charge in [0.1, 0.15) is 0 Å². The molecule has 0 spiro atoms. The Morgan fingerprint density at radius 2 is 1.60 bits per heavy atom. The number of nitrogens with one attached hydrogen (secondary N) is 2. The highest BCUT2D eigenvalue weighted by Gasteiger charge is 2.07. The van der Waals surface area contributed by atoms with Crippen molar-refractivity contribution < 1.29 is 9.59 Å². The Morgan fingerprint density at radius 1 is 0.880 bits per heavy atom. The monoisotopic (exact) mass is 338 g/mol. The molecule has 0 bridgehead atoms. The van der Waals surface area contributed by atoms with Crippen LogP contribution in [-0.4, -0.2) is 18.4 Å². The Balaban J connectivity index is 1.79. The van der Waals surface area contributed by atoms with Crippen molar-refractivity contribution in [2.24, 2.45) is 0 Å². The van der Waals surface area contributed by atoms with E-state index >= 15 is 0 Å². The summed E-state index contributed by atoms with van der Waals surface area (Å²) in [7, 11) is 0. The Hall–Kier alpha value is -2.62. The van der Waals surface area contributed by atoms with Crippen LogP contribution in [-0.2, 0) is 11.2 Å². The van der Waals surface area contributed by atoms with Gasteiger partial charge in [0, 0.05) is 17.8 Å². The molecular formula is C21H26N2O2. The van der Waals surface area contributed by atoms with Crippen molar-refractivity contribution in [3.05, 3.63) is 65.7 Å². The molecule has 4 heteroatoms. The molecule has 2 aromatic rings. The summed E-state index contributed by atoms with van der Waals surface area (Å²) in [6, 6.07) is 16.6. The van der Waals surface area contributed by atoms with Gasteiger partial charge in [-0.15, -0.1) is 0 Å². The van der Waals surface area contributed by atoms with Gasteiger partial charge in [-0.1, -0.05) is 56.5 Å². The summed E-state index contributed by atoms with van der Waals surface area (Å²) in [5.74, 6) is -0.141. The van der Waals surface area contributed by atoms with Gasteiger partial charge >= 0.3 is 0 Å². The lowest BCUT2D eigenvalue weighted by Crippen LogP contribution is -2.24. The van der Waals surface area contributed by atoms with Crippen LogP contribution in [0.15, 0.2) is 54.6 Å². The molecule has 0 saturated heterocycles. The van der Waals surface area contributed by atoms with E-state index in [1.54, 1.807) is 24.3 Å². The molecule has 0 fully saturated rings. The molecule has 4 nitrogen and oxygen atoms in total. The first-order valence-corrected chi connectivity index (χ1v) is 8.91. The highest BCUT2D eigenvalue weighted by Crippen LogP contribution is 2.11. The molecule has 0 aliphatic rings. The van der Waals surface area contributed by atoms with Crippen molar-refractivity contribution in [1.29, 1.82) is 0 Å². The molecular weight excluding hydrogens is 312 g/mol. The van der Waals surface area contributed by atoms with Gasteiger partial charge < -0.3 is 10.6 Å². The summed E-state index contributed by atoms with van der Waals surface area (Å²) in [4.78, 5) is 24.1. The number of hydrogen-bond donors (Lipinski definition) is 2. The maximum atomic E-state index is 12.1. The average Bonchev–Trinajstić information content (AvgIpc) is 2.63. The average molecular weight is 338 g/mol. The number of unbranched alkanes of at least 4 members (excludes halogenated alkanes) is 3. The number of hydrogen-bond acceptors (Lipinski definition) is 2. The zero-order valence-electron chi connectivity index (χ0n) is 14.8. The van der Waals surface area contributed by atoms with Crippen LogP contribution in [0.1, 0.15) is 48.5 Å². The summed E-state index contributed by atoms with van der Waals surface area (Å²) in [6.07, 6.45) is 4.87. The number of carbonyl (C=O) groups is 2. The van der Waals surface area contributed by atoms with E-state index in [1.165, 1.54) is 12.8 Å². The lowest BCUT2D eigenvalue weighted by Gasteiger charge is -2.08. The van der Waals surface area contributed by atoms with Crippen molar-refractivity contribution in [3.8, 4) is 0 Å². The fourth-order valence-corrected chi connectivity index (χ4v) is 2.55. The van der Waals surface area contributed by atoms with Gasteiger partial charge in [-0.25, -0.2) is 0 Å². The molecule has 0 atom stereocenters. The minimum Gasteiger partial charge on any atom is -0.352 e. The molecule has 2 amide bonds. The summed E-state index contributed by atoms with van der Waals surface area (Å²) in [5.41, 5.74) is 2.27. The number of anilines is 1. The second-order valence-corrected chi connectivity index (χ2v) is 6.10. The minimum atomic E-state index is -0.0707. The lowest BCUT2D eigenvalue weighted by molar-refractivity contribution is -0.115. The molecule has 2 N–H and O–H groups in total. The number of carbonyl (C=O) groups excluding carboxylic acids is 2. The fourth-order valence-electron chi connectivity index (χ4n) is 2.55. The lowest BCUT2D eigenvalue weighted by atomic mass is 10.1. The van der Waals surface area contributed by atoms with Crippen LogP contribution in [0.4, 0.5) is 5.69 Å². The normalized spacial score (nSPS) is 10.3. The zero-order valence-corrected chi connectivity index (χ0v) is 14.8. The van der Waals surface area contributed by atoms with Crippen molar-refractivity contribution in [1.82, 2.24) is 5.32 Å². The SMILES string of the molecule is CCCCCCNC(=O)c1ccc(NC(=O)Cc2ccccc2)cc1. The summed E-state index contributed by atoms with van der Waals surface area (Å²) < 4.78 is 0. The number of amides is 2. The number of rotatable bonds is 9. The standard InChI is InChI=1S/C21H26N2O2/c1-2-3-4-8-15-22-21(25)18-11-13-19(14-12-18)23-20(24)16-17-9-6-5-7-10-17/h5-7,9-14H,2-4,8,15-16H2,1H3,(H,22,25)(H,23,24). The Labute approximate surface area is 149 Å². The van der Waals surface area contributed by atoms with Gasteiger partial charge in [-0.2, -0.15) is 0 Å². The van der Waals surface area contributed by atoms with Gasteiger partial charge in [-0.3, -0.25) is 9.59 Å². The topological polar surface area (TPSA) is 58.2 Å². The van der Waals surface area contributed by atoms with E-state index in [0.717, 1.165) is 18.4 Å². The molecule has 0 unspecified atom stereocenters. The van der Waals surface area contributed by atoms with Gasteiger partial charge in [0.15, 0.2) is 0 Å². The molecule has 2 aromatic carbocycles. The van der Waals surface area contributed by atoms with E-state index in [4.69, 9.17) is 0 Å². The highest BCUT2D eigenvalue weighted by molar-refractivity contribution is 5.96. The van der Waals surface area contributed by atoms with Crippen molar-refractivity contribution in [2.45, 2.75) is 39.0 Å². The van der Waals surface area contributed by atoms with Crippen molar-refractivity contribution in [3.63, 3.8) is 0 Å². The molecule has 0 radical (unpaired) electrons. The summed E-state index contributed by atoms with van der Waals surface area (Å²) in [6.45, 7) is 2.87. The first-order valence-electron chi connectivity index (χ1n) is 8.91. The highest BCUT2D eigenvalue weighted by atomic mass is 16.2. The maximum Gasteiger partial charge on any atom is 0.251 e. The van der Waals surface area contributed by atoms with Crippen LogP contribution in [0.5, 0.6) is 0 Å². The largest absolute Gasteiger partial charge is 0.352 e. The van der Waals surface area contributed by atoms with Crippen LogP contribution >= 0.6 is 0 Å². The molecule has 0 heterocycles. The Kier molecular flexibility index (Phi) is 7.70. The molecule has 0 aliphatic heterocycles. The fraction of sp³-hybridized carbons (Fsp3) is 0.333. The van der Waals surface area contributed by atoms with Gasteiger partial charge in [0.05, 0.1) is 6.42 Å². The van der Waals surface area contributed by atoms with Crippen LogP contribution in [0.25, 0.3) is 0 Å². The third-order valence-electron chi connectivity index (χ3n) is 3.95. The van der Waals surface area contributed by atoms with E-state index in [-0.39, 0.29) is 11.8 Å². The first kappa shape index (κ1) is 18.7. The molecule has 0 saturated carbocycles. The van der Waals surface area contributed by atoms with E-state index in [2.05, 4.69) is 17.6 Å². The van der Waals surface area contributed by atoms with Crippen LogP contribution in [0.3, 0.4) is 0 Å². The predicted molar refractivity (Wildman–Crippen MR) is 102 cm³/mol. The second kappa shape index (κ2) is 10.3.